The molecule has 0 unspecified atom stereocenters. The molecule has 0 aliphatic heterocycles. The number of rotatable bonds is 6. The fourth-order valence-electron chi connectivity index (χ4n) is 2.27. The van der Waals surface area contributed by atoms with Crippen LogP contribution in [0.4, 0.5) is 0 Å². The second-order valence-electron chi connectivity index (χ2n) is 5.06. The molecule has 0 fully saturated rings. The van der Waals surface area contributed by atoms with Crippen molar-refractivity contribution in [1.29, 1.82) is 0 Å². The van der Waals surface area contributed by atoms with E-state index < -0.39 is 5.97 Å². The van der Waals surface area contributed by atoms with Gasteiger partial charge in [-0.05, 0) is 38.1 Å². The summed E-state index contributed by atoms with van der Waals surface area (Å²) in [7, 11) is 0. The van der Waals surface area contributed by atoms with E-state index in [0.29, 0.717) is 22.8 Å². The summed E-state index contributed by atoms with van der Waals surface area (Å²) in [5.74, 6) is -1.14. The van der Waals surface area contributed by atoms with Gasteiger partial charge in [0.25, 0.3) is 5.91 Å². The number of nitrogens with zero attached hydrogens (tertiary/aromatic N) is 3. The first-order chi connectivity index (χ1) is 10.9. The summed E-state index contributed by atoms with van der Waals surface area (Å²) in [4.78, 5) is 24.8. The Hall–Kier alpha value is -2.34. The lowest BCUT2D eigenvalue weighted by Crippen LogP contribution is -2.33. The van der Waals surface area contributed by atoms with Crippen LogP contribution in [-0.4, -0.2) is 44.8 Å². The van der Waals surface area contributed by atoms with Gasteiger partial charge in [-0.25, -0.2) is 4.68 Å². The molecule has 6 nitrogen and oxygen atoms in total. The van der Waals surface area contributed by atoms with E-state index in [9.17, 15) is 9.59 Å². The average Bonchev–Trinajstić information content (AvgIpc) is 2.90. The van der Waals surface area contributed by atoms with Crippen molar-refractivity contribution in [2.75, 3.05) is 13.1 Å². The number of halogens is 1. The van der Waals surface area contributed by atoms with Gasteiger partial charge in [-0.15, -0.1) is 0 Å². The number of carbonyl (C=O) groups is 2. The van der Waals surface area contributed by atoms with Gasteiger partial charge in [0.1, 0.15) is 0 Å². The van der Waals surface area contributed by atoms with E-state index in [1.165, 1.54) is 11.1 Å². The summed E-state index contributed by atoms with van der Waals surface area (Å²) in [5.41, 5.74) is 1.97. The third kappa shape index (κ3) is 3.90. The van der Waals surface area contributed by atoms with Crippen LogP contribution in [0, 0.1) is 6.92 Å². The Balaban J connectivity index is 2.25. The molecule has 1 aromatic carbocycles. The largest absolute Gasteiger partial charge is 0.481 e. The molecule has 2 aromatic rings. The molecule has 0 aliphatic carbocycles. The summed E-state index contributed by atoms with van der Waals surface area (Å²) in [6.07, 6.45) is 1.43. The molecule has 0 saturated carbocycles. The van der Waals surface area contributed by atoms with Crippen LogP contribution in [0.5, 0.6) is 0 Å². The fourth-order valence-corrected chi connectivity index (χ4v) is 2.39. The first-order valence-corrected chi connectivity index (χ1v) is 7.63. The van der Waals surface area contributed by atoms with Crippen LogP contribution in [0.1, 0.15) is 29.4 Å². The highest BCUT2D eigenvalue weighted by Gasteiger charge is 2.20. The highest BCUT2D eigenvalue weighted by molar-refractivity contribution is 6.30. The third-order valence-corrected chi connectivity index (χ3v) is 3.83. The Kier molecular flexibility index (Phi) is 5.39. The van der Waals surface area contributed by atoms with Gasteiger partial charge in [0.05, 0.1) is 29.6 Å². The zero-order valence-corrected chi connectivity index (χ0v) is 13.7. The molecule has 7 heteroatoms. The molecule has 2 rings (SSSR count). The Morgan fingerprint density at radius 1 is 1.30 bits per heavy atom. The number of carbonyl (C=O) groups excluding carboxylic acids is 1. The second-order valence-corrected chi connectivity index (χ2v) is 5.50. The standard InChI is InChI=1S/C16H18ClN3O3/c1-3-19(9-8-15(21)22)16(23)14-10-18-20(11(14)2)13-6-4-12(17)5-7-13/h4-7,10H,3,8-9H2,1-2H3,(H,21,22). The Bertz CT molecular complexity index is 710. The zero-order chi connectivity index (χ0) is 17.0. The van der Waals surface area contributed by atoms with Crippen molar-refractivity contribution >= 4 is 23.5 Å². The van der Waals surface area contributed by atoms with Gasteiger partial charge in [-0.3, -0.25) is 9.59 Å². The van der Waals surface area contributed by atoms with Crippen LogP contribution in [0.2, 0.25) is 5.02 Å². The fraction of sp³-hybridized carbons (Fsp3) is 0.312. The minimum Gasteiger partial charge on any atom is -0.481 e. The normalized spacial score (nSPS) is 10.6. The quantitative estimate of drug-likeness (QED) is 0.880. The molecule has 0 atom stereocenters. The third-order valence-electron chi connectivity index (χ3n) is 3.58. The van der Waals surface area contributed by atoms with Gasteiger partial charge in [-0.1, -0.05) is 11.6 Å². The maximum atomic E-state index is 12.6. The maximum absolute atomic E-state index is 12.6. The smallest absolute Gasteiger partial charge is 0.305 e. The first kappa shape index (κ1) is 17.0. The molecular formula is C16H18ClN3O3. The predicted molar refractivity (Wildman–Crippen MR) is 87.1 cm³/mol. The van der Waals surface area contributed by atoms with Crippen molar-refractivity contribution in [3.8, 4) is 5.69 Å². The summed E-state index contributed by atoms with van der Waals surface area (Å²) in [5, 5.41) is 13.7. The molecule has 1 N–H and O–H groups in total. The van der Waals surface area contributed by atoms with Crippen molar-refractivity contribution in [3.05, 3.63) is 46.7 Å². The molecule has 1 aromatic heterocycles. The Labute approximate surface area is 139 Å². The summed E-state index contributed by atoms with van der Waals surface area (Å²) >= 11 is 5.88. The van der Waals surface area contributed by atoms with Crippen molar-refractivity contribution in [2.45, 2.75) is 20.3 Å². The van der Waals surface area contributed by atoms with Crippen LogP contribution >= 0.6 is 11.6 Å². The van der Waals surface area contributed by atoms with Crippen molar-refractivity contribution in [2.24, 2.45) is 0 Å². The molecule has 1 amide bonds. The lowest BCUT2D eigenvalue weighted by Gasteiger charge is -2.19. The van der Waals surface area contributed by atoms with Crippen LogP contribution in [0.25, 0.3) is 5.69 Å². The second kappa shape index (κ2) is 7.28. The van der Waals surface area contributed by atoms with E-state index in [2.05, 4.69) is 5.10 Å². The van der Waals surface area contributed by atoms with E-state index >= 15 is 0 Å². The number of amides is 1. The van der Waals surface area contributed by atoms with Crippen LogP contribution in [0.3, 0.4) is 0 Å². The molecule has 23 heavy (non-hydrogen) atoms. The van der Waals surface area contributed by atoms with Crippen molar-refractivity contribution in [3.63, 3.8) is 0 Å². The first-order valence-electron chi connectivity index (χ1n) is 7.25. The van der Waals surface area contributed by atoms with Gasteiger partial charge < -0.3 is 10.0 Å². The number of hydrogen-bond donors (Lipinski definition) is 1. The van der Waals surface area contributed by atoms with E-state index in [0.717, 1.165) is 5.69 Å². The lowest BCUT2D eigenvalue weighted by atomic mass is 10.2. The summed E-state index contributed by atoms with van der Waals surface area (Å²) < 4.78 is 1.66. The average molecular weight is 336 g/mol. The van der Waals surface area contributed by atoms with Crippen molar-refractivity contribution < 1.29 is 14.7 Å². The molecule has 0 bridgehead atoms. The SMILES string of the molecule is CCN(CCC(=O)O)C(=O)c1cnn(-c2ccc(Cl)cc2)c1C. The molecule has 0 spiro atoms. The lowest BCUT2D eigenvalue weighted by molar-refractivity contribution is -0.137. The molecule has 1 heterocycles. The van der Waals surface area contributed by atoms with Gasteiger partial charge >= 0.3 is 5.97 Å². The zero-order valence-electron chi connectivity index (χ0n) is 13.0. The summed E-state index contributed by atoms with van der Waals surface area (Å²) in [6.45, 7) is 4.24. The molecule has 122 valence electrons. The van der Waals surface area contributed by atoms with Gasteiger partial charge in [-0.2, -0.15) is 5.10 Å². The van der Waals surface area contributed by atoms with E-state index in [1.54, 1.807) is 23.7 Å². The van der Waals surface area contributed by atoms with Gasteiger partial charge in [0, 0.05) is 18.1 Å². The molecule has 0 radical (unpaired) electrons. The number of carboxylic acid groups (broad SMARTS) is 1. The number of hydrogen-bond acceptors (Lipinski definition) is 3. The Morgan fingerprint density at radius 2 is 1.96 bits per heavy atom. The van der Waals surface area contributed by atoms with Gasteiger partial charge in [0.2, 0.25) is 0 Å². The number of aliphatic carboxylic acids is 1. The monoisotopic (exact) mass is 335 g/mol. The van der Waals surface area contributed by atoms with E-state index in [-0.39, 0.29) is 18.9 Å². The van der Waals surface area contributed by atoms with Crippen molar-refractivity contribution in [1.82, 2.24) is 14.7 Å². The predicted octanol–water partition coefficient (Wildman–Crippen LogP) is 2.77. The number of aromatic nitrogens is 2. The van der Waals surface area contributed by atoms with Crippen LogP contribution in [0.15, 0.2) is 30.5 Å². The Morgan fingerprint density at radius 3 is 2.52 bits per heavy atom. The van der Waals surface area contributed by atoms with Crippen LogP contribution in [-0.2, 0) is 4.79 Å². The topological polar surface area (TPSA) is 75.4 Å². The maximum Gasteiger partial charge on any atom is 0.305 e. The molecule has 0 aliphatic rings. The highest BCUT2D eigenvalue weighted by Crippen LogP contribution is 2.18. The van der Waals surface area contributed by atoms with E-state index in [4.69, 9.17) is 16.7 Å². The molecular weight excluding hydrogens is 318 g/mol. The number of benzene rings is 1. The van der Waals surface area contributed by atoms with Crippen LogP contribution < -0.4 is 0 Å². The van der Waals surface area contributed by atoms with E-state index in [1.807, 2.05) is 19.1 Å². The van der Waals surface area contributed by atoms with Gasteiger partial charge in [0.15, 0.2) is 0 Å². The molecule has 0 saturated heterocycles. The summed E-state index contributed by atoms with van der Waals surface area (Å²) in [6, 6.07) is 7.15. The highest BCUT2D eigenvalue weighted by atomic mass is 35.5. The number of carboxylic acids is 1. The minimum absolute atomic E-state index is 0.0794. The minimum atomic E-state index is -0.926.